The smallest absolute Gasteiger partial charge is 0.0172 e. The van der Waals surface area contributed by atoms with Gasteiger partial charge in [0.25, 0.3) is 0 Å². The molecule has 1 saturated heterocycles. The summed E-state index contributed by atoms with van der Waals surface area (Å²) in [5, 5.41) is 4.37. The summed E-state index contributed by atoms with van der Waals surface area (Å²) in [6.45, 7) is 4.76. The molecule has 0 aromatic heterocycles. The van der Waals surface area contributed by atoms with Crippen LogP contribution >= 0.6 is 11.8 Å². The fourth-order valence-electron chi connectivity index (χ4n) is 1.56. The van der Waals surface area contributed by atoms with E-state index in [9.17, 15) is 0 Å². The molecule has 0 aromatic rings. The monoisotopic (exact) mass is 187 g/mol. The summed E-state index contributed by atoms with van der Waals surface area (Å²) in [6.07, 6.45) is 6.99. The van der Waals surface area contributed by atoms with Gasteiger partial charge in [-0.05, 0) is 31.6 Å². The normalized spacial score (nSPS) is 24.2. The van der Waals surface area contributed by atoms with Crippen LogP contribution < -0.4 is 5.32 Å². The average Bonchev–Trinajstić information content (AvgIpc) is 2.14. The van der Waals surface area contributed by atoms with Crippen molar-refractivity contribution in [2.24, 2.45) is 0 Å². The standard InChI is InChI=1S/C10H21NS/c1-2-3-4-8-12-10-6-5-7-11-9-10/h10-11H,2-9H2,1H3. The van der Waals surface area contributed by atoms with Crippen molar-refractivity contribution in [1.82, 2.24) is 5.32 Å². The zero-order chi connectivity index (χ0) is 8.65. The van der Waals surface area contributed by atoms with Gasteiger partial charge in [-0.3, -0.25) is 0 Å². The molecule has 2 heteroatoms. The molecule has 72 valence electrons. The largest absolute Gasteiger partial charge is 0.316 e. The minimum atomic E-state index is 0.913. The van der Waals surface area contributed by atoms with Gasteiger partial charge in [-0.1, -0.05) is 19.8 Å². The van der Waals surface area contributed by atoms with Crippen molar-refractivity contribution in [3.05, 3.63) is 0 Å². The first-order valence-corrected chi connectivity index (χ1v) is 6.30. The molecule has 1 rings (SSSR count). The summed E-state index contributed by atoms with van der Waals surface area (Å²) in [5.74, 6) is 1.38. The van der Waals surface area contributed by atoms with Crippen LogP contribution in [-0.2, 0) is 0 Å². The Morgan fingerprint density at radius 1 is 1.42 bits per heavy atom. The van der Waals surface area contributed by atoms with Crippen molar-refractivity contribution in [3.63, 3.8) is 0 Å². The molecule has 1 atom stereocenters. The molecular formula is C10H21NS. The molecule has 12 heavy (non-hydrogen) atoms. The molecule has 1 unspecified atom stereocenters. The molecule has 1 heterocycles. The summed E-state index contributed by atoms with van der Waals surface area (Å²) in [6, 6.07) is 0. The Kier molecular flexibility index (Phi) is 5.88. The molecule has 0 aromatic carbocycles. The molecule has 0 aliphatic carbocycles. The Balaban J connectivity index is 1.91. The lowest BCUT2D eigenvalue weighted by Gasteiger charge is -2.21. The maximum atomic E-state index is 3.45. The molecule has 0 bridgehead atoms. The minimum Gasteiger partial charge on any atom is -0.316 e. The van der Waals surface area contributed by atoms with Crippen LogP contribution in [0.25, 0.3) is 0 Å². The van der Waals surface area contributed by atoms with Crippen LogP contribution in [0.1, 0.15) is 39.0 Å². The first kappa shape index (κ1) is 10.4. The summed E-state index contributed by atoms with van der Waals surface area (Å²) >= 11 is 2.17. The van der Waals surface area contributed by atoms with Gasteiger partial charge < -0.3 is 5.32 Å². The quantitative estimate of drug-likeness (QED) is 0.664. The van der Waals surface area contributed by atoms with E-state index in [0.29, 0.717) is 0 Å². The number of rotatable bonds is 5. The van der Waals surface area contributed by atoms with Crippen LogP contribution in [0, 0.1) is 0 Å². The number of hydrogen-bond acceptors (Lipinski definition) is 2. The molecule has 1 aliphatic rings. The molecule has 1 nitrogen and oxygen atoms in total. The van der Waals surface area contributed by atoms with Crippen LogP contribution in [0.3, 0.4) is 0 Å². The van der Waals surface area contributed by atoms with Gasteiger partial charge in [-0.25, -0.2) is 0 Å². The molecule has 0 radical (unpaired) electrons. The number of piperidine rings is 1. The van der Waals surface area contributed by atoms with Gasteiger partial charge in [0.15, 0.2) is 0 Å². The molecule has 1 N–H and O–H groups in total. The second-order valence-electron chi connectivity index (χ2n) is 3.55. The average molecular weight is 187 g/mol. The summed E-state index contributed by atoms with van der Waals surface area (Å²) in [5.41, 5.74) is 0. The first-order valence-electron chi connectivity index (χ1n) is 5.26. The first-order chi connectivity index (χ1) is 5.93. The Morgan fingerprint density at radius 3 is 3.00 bits per heavy atom. The Labute approximate surface area is 80.7 Å². The lowest BCUT2D eigenvalue weighted by molar-refractivity contribution is 0.531. The second kappa shape index (κ2) is 6.79. The fraction of sp³-hybridized carbons (Fsp3) is 1.00. The lowest BCUT2D eigenvalue weighted by atomic mass is 10.2. The number of thioether (sulfide) groups is 1. The van der Waals surface area contributed by atoms with Gasteiger partial charge in [0.05, 0.1) is 0 Å². The minimum absolute atomic E-state index is 0.913. The van der Waals surface area contributed by atoms with Gasteiger partial charge in [0.2, 0.25) is 0 Å². The zero-order valence-corrected chi connectivity index (χ0v) is 8.96. The second-order valence-corrected chi connectivity index (χ2v) is 4.95. The van der Waals surface area contributed by atoms with Crippen LogP contribution in [0.2, 0.25) is 0 Å². The summed E-state index contributed by atoms with van der Waals surface area (Å²) < 4.78 is 0. The number of nitrogens with one attached hydrogen (secondary N) is 1. The van der Waals surface area contributed by atoms with Gasteiger partial charge in [0.1, 0.15) is 0 Å². The third kappa shape index (κ3) is 4.36. The van der Waals surface area contributed by atoms with Crippen molar-refractivity contribution in [1.29, 1.82) is 0 Å². The van der Waals surface area contributed by atoms with E-state index in [0.717, 1.165) is 5.25 Å². The fourth-order valence-corrected chi connectivity index (χ4v) is 2.84. The molecule has 0 amide bonds. The third-order valence-electron chi connectivity index (χ3n) is 2.35. The Hall–Kier alpha value is 0.310. The maximum Gasteiger partial charge on any atom is 0.0172 e. The van der Waals surface area contributed by atoms with Crippen molar-refractivity contribution in [2.45, 2.75) is 44.3 Å². The van der Waals surface area contributed by atoms with Gasteiger partial charge >= 0.3 is 0 Å². The van der Waals surface area contributed by atoms with Crippen LogP contribution in [-0.4, -0.2) is 24.1 Å². The van der Waals surface area contributed by atoms with Gasteiger partial charge in [-0.15, -0.1) is 0 Å². The van der Waals surface area contributed by atoms with E-state index >= 15 is 0 Å². The predicted octanol–water partition coefficient (Wildman–Crippen LogP) is 2.66. The van der Waals surface area contributed by atoms with Gasteiger partial charge in [0, 0.05) is 11.8 Å². The van der Waals surface area contributed by atoms with E-state index < -0.39 is 0 Å². The van der Waals surface area contributed by atoms with E-state index in [1.807, 2.05) is 0 Å². The van der Waals surface area contributed by atoms with Crippen molar-refractivity contribution in [3.8, 4) is 0 Å². The topological polar surface area (TPSA) is 12.0 Å². The molecule has 0 saturated carbocycles. The molecule has 1 aliphatic heterocycles. The summed E-state index contributed by atoms with van der Waals surface area (Å²) in [4.78, 5) is 0. The molecular weight excluding hydrogens is 166 g/mol. The highest BCUT2D eigenvalue weighted by atomic mass is 32.2. The van der Waals surface area contributed by atoms with E-state index in [2.05, 4.69) is 24.0 Å². The third-order valence-corrected chi connectivity index (χ3v) is 3.75. The molecule has 1 fully saturated rings. The Bertz CT molecular complexity index is 100. The van der Waals surface area contributed by atoms with Crippen molar-refractivity contribution < 1.29 is 0 Å². The predicted molar refractivity (Wildman–Crippen MR) is 57.9 cm³/mol. The number of hydrogen-bond donors (Lipinski definition) is 1. The number of unbranched alkanes of at least 4 members (excludes halogenated alkanes) is 2. The maximum absolute atomic E-state index is 3.45. The van der Waals surface area contributed by atoms with E-state index in [-0.39, 0.29) is 0 Å². The SMILES string of the molecule is CCCCCSC1CCCNC1. The summed E-state index contributed by atoms with van der Waals surface area (Å²) in [7, 11) is 0. The van der Waals surface area contributed by atoms with Crippen LogP contribution in [0.4, 0.5) is 0 Å². The van der Waals surface area contributed by atoms with E-state index in [1.54, 1.807) is 0 Å². The van der Waals surface area contributed by atoms with E-state index in [1.165, 1.54) is 50.9 Å². The Morgan fingerprint density at radius 2 is 2.33 bits per heavy atom. The highest BCUT2D eigenvalue weighted by Crippen LogP contribution is 2.19. The highest BCUT2D eigenvalue weighted by molar-refractivity contribution is 7.99. The zero-order valence-electron chi connectivity index (χ0n) is 8.14. The molecule has 0 spiro atoms. The van der Waals surface area contributed by atoms with E-state index in [4.69, 9.17) is 0 Å². The highest BCUT2D eigenvalue weighted by Gasteiger charge is 2.11. The van der Waals surface area contributed by atoms with Crippen LogP contribution in [0.5, 0.6) is 0 Å². The lowest BCUT2D eigenvalue weighted by Crippen LogP contribution is -2.31. The van der Waals surface area contributed by atoms with Gasteiger partial charge in [-0.2, -0.15) is 11.8 Å². The van der Waals surface area contributed by atoms with Crippen molar-refractivity contribution >= 4 is 11.8 Å². The van der Waals surface area contributed by atoms with Crippen LogP contribution in [0.15, 0.2) is 0 Å². The van der Waals surface area contributed by atoms with Crippen molar-refractivity contribution in [2.75, 3.05) is 18.8 Å².